The molecule has 0 bridgehead atoms. The Balaban J connectivity index is 2.30. The van der Waals surface area contributed by atoms with Gasteiger partial charge in [-0.2, -0.15) is 4.99 Å². The van der Waals surface area contributed by atoms with Crippen LogP contribution < -0.4 is 0 Å². The van der Waals surface area contributed by atoms with Gasteiger partial charge in [-0.3, -0.25) is 0 Å². The van der Waals surface area contributed by atoms with Crippen LogP contribution in [0.15, 0.2) is 35.3 Å². The van der Waals surface area contributed by atoms with Gasteiger partial charge in [0.05, 0.1) is 13.2 Å². The highest BCUT2D eigenvalue weighted by Crippen LogP contribution is 2.31. The molecule has 1 fully saturated rings. The standard InChI is InChI=1S/C11H11NO3/c13-9-12-8-11(14-6-7-15-11)10-4-2-1-3-5-10/h1-5H,6-8H2. The van der Waals surface area contributed by atoms with E-state index in [1.54, 1.807) is 0 Å². The largest absolute Gasteiger partial charge is 0.342 e. The van der Waals surface area contributed by atoms with Crippen molar-refractivity contribution in [3.63, 3.8) is 0 Å². The fourth-order valence-corrected chi connectivity index (χ4v) is 1.63. The molecule has 0 unspecified atom stereocenters. The van der Waals surface area contributed by atoms with Gasteiger partial charge in [-0.05, 0) is 0 Å². The van der Waals surface area contributed by atoms with Gasteiger partial charge in [0.15, 0.2) is 0 Å². The highest BCUT2D eigenvalue weighted by atomic mass is 16.7. The highest BCUT2D eigenvalue weighted by Gasteiger charge is 2.38. The molecule has 0 atom stereocenters. The van der Waals surface area contributed by atoms with Crippen LogP contribution in [-0.2, 0) is 20.1 Å². The van der Waals surface area contributed by atoms with E-state index in [4.69, 9.17) is 9.47 Å². The Bertz CT molecular complexity index is 365. The van der Waals surface area contributed by atoms with E-state index in [0.717, 1.165) is 5.56 Å². The maximum absolute atomic E-state index is 10.1. The lowest BCUT2D eigenvalue weighted by atomic mass is 10.1. The van der Waals surface area contributed by atoms with Crippen molar-refractivity contribution in [1.29, 1.82) is 0 Å². The second-order valence-electron chi connectivity index (χ2n) is 3.22. The Morgan fingerprint density at radius 3 is 2.53 bits per heavy atom. The van der Waals surface area contributed by atoms with Crippen molar-refractivity contribution in [2.24, 2.45) is 4.99 Å². The summed E-state index contributed by atoms with van der Waals surface area (Å²) < 4.78 is 11.1. The molecule has 2 rings (SSSR count). The first-order valence-electron chi connectivity index (χ1n) is 4.74. The average Bonchev–Trinajstić information content (AvgIpc) is 2.78. The van der Waals surface area contributed by atoms with Gasteiger partial charge in [-0.15, -0.1) is 0 Å². The van der Waals surface area contributed by atoms with Crippen LogP contribution in [0.1, 0.15) is 5.56 Å². The van der Waals surface area contributed by atoms with Gasteiger partial charge in [0, 0.05) is 5.56 Å². The molecule has 0 amide bonds. The molecule has 1 aliphatic heterocycles. The molecule has 15 heavy (non-hydrogen) atoms. The summed E-state index contributed by atoms with van der Waals surface area (Å²) >= 11 is 0. The van der Waals surface area contributed by atoms with E-state index in [2.05, 4.69) is 4.99 Å². The molecule has 0 N–H and O–H groups in total. The lowest BCUT2D eigenvalue weighted by Gasteiger charge is -2.25. The number of benzene rings is 1. The van der Waals surface area contributed by atoms with Gasteiger partial charge < -0.3 is 9.47 Å². The molecule has 78 valence electrons. The Morgan fingerprint density at radius 2 is 1.93 bits per heavy atom. The molecule has 1 saturated heterocycles. The zero-order chi connectivity index (χ0) is 10.6. The van der Waals surface area contributed by atoms with Gasteiger partial charge in [0.25, 0.3) is 0 Å². The number of hydrogen-bond donors (Lipinski definition) is 0. The maximum atomic E-state index is 10.1. The van der Waals surface area contributed by atoms with E-state index in [1.807, 2.05) is 30.3 Å². The van der Waals surface area contributed by atoms with Gasteiger partial charge >= 0.3 is 0 Å². The molecule has 1 heterocycles. The third-order valence-corrected chi connectivity index (χ3v) is 2.32. The maximum Gasteiger partial charge on any atom is 0.235 e. The van der Waals surface area contributed by atoms with Crippen molar-refractivity contribution >= 4 is 6.08 Å². The summed E-state index contributed by atoms with van der Waals surface area (Å²) in [5, 5.41) is 0. The lowest BCUT2D eigenvalue weighted by Crippen LogP contribution is -2.30. The predicted molar refractivity (Wildman–Crippen MR) is 53.0 cm³/mol. The molecular weight excluding hydrogens is 194 g/mol. The van der Waals surface area contributed by atoms with E-state index in [-0.39, 0.29) is 6.54 Å². The molecule has 1 aliphatic rings. The van der Waals surface area contributed by atoms with Gasteiger partial charge in [-0.25, -0.2) is 4.79 Å². The van der Waals surface area contributed by atoms with Crippen LogP contribution >= 0.6 is 0 Å². The molecule has 1 aromatic rings. The molecule has 0 aromatic heterocycles. The molecule has 4 nitrogen and oxygen atoms in total. The first-order valence-corrected chi connectivity index (χ1v) is 4.74. The van der Waals surface area contributed by atoms with Crippen molar-refractivity contribution in [3.05, 3.63) is 35.9 Å². The number of aliphatic imine (C=N–C) groups is 1. The minimum Gasteiger partial charge on any atom is -0.342 e. The normalized spacial score (nSPS) is 18.4. The number of isocyanates is 1. The molecule has 0 saturated carbocycles. The smallest absolute Gasteiger partial charge is 0.235 e. The fourth-order valence-electron chi connectivity index (χ4n) is 1.63. The summed E-state index contributed by atoms with van der Waals surface area (Å²) in [5.74, 6) is -0.890. The van der Waals surface area contributed by atoms with Crippen LogP contribution in [0.2, 0.25) is 0 Å². The van der Waals surface area contributed by atoms with Crippen LogP contribution in [0, 0.1) is 0 Å². The quantitative estimate of drug-likeness (QED) is 0.550. The predicted octanol–water partition coefficient (Wildman–Crippen LogP) is 1.22. The van der Waals surface area contributed by atoms with Crippen LogP contribution in [0.3, 0.4) is 0 Å². The SMILES string of the molecule is O=C=NCC1(c2ccccc2)OCCO1. The minimum absolute atomic E-state index is 0.153. The van der Waals surface area contributed by atoms with Crippen LogP contribution in [0.25, 0.3) is 0 Å². The Kier molecular flexibility index (Phi) is 2.92. The number of hydrogen-bond acceptors (Lipinski definition) is 4. The third-order valence-electron chi connectivity index (χ3n) is 2.32. The molecule has 0 radical (unpaired) electrons. The van der Waals surface area contributed by atoms with Gasteiger partial charge in [0.2, 0.25) is 11.9 Å². The van der Waals surface area contributed by atoms with Gasteiger partial charge in [0.1, 0.15) is 6.54 Å². The monoisotopic (exact) mass is 205 g/mol. The van der Waals surface area contributed by atoms with E-state index in [1.165, 1.54) is 6.08 Å². The Hall–Kier alpha value is -1.48. The van der Waals surface area contributed by atoms with Crippen molar-refractivity contribution in [2.45, 2.75) is 5.79 Å². The first-order chi connectivity index (χ1) is 7.37. The molecule has 1 aromatic carbocycles. The zero-order valence-corrected chi connectivity index (χ0v) is 8.18. The zero-order valence-electron chi connectivity index (χ0n) is 8.18. The Morgan fingerprint density at radius 1 is 1.27 bits per heavy atom. The minimum atomic E-state index is -0.890. The number of carbonyl (C=O) groups excluding carboxylic acids is 1. The van der Waals surface area contributed by atoms with E-state index >= 15 is 0 Å². The lowest BCUT2D eigenvalue weighted by molar-refractivity contribution is -0.156. The number of ether oxygens (including phenoxy) is 2. The first kappa shape index (κ1) is 10.1. The third kappa shape index (κ3) is 1.97. The van der Waals surface area contributed by atoms with Crippen LogP contribution in [0.5, 0.6) is 0 Å². The second-order valence-corrected chi connectivity index (χ2v) is 3.22. The van der Waals surface area contributed by atoms with Gasteiger partial charge in [-0.1, -0.05) is 30.3 Å². The van der Waals surface area contributed by atoms with E-state index in [0.29, 0.717) is 13.2 Å². The van der Waals surface area contributed by atoms with Crippen molar-refractivity contribution in [1.82, 2.24) is 0 Å². The highest BCUT2D eigenvalue weighted by molar-refractivity contribution is 5.33. The molecule has 0 spiro atoms. The van der Waals surface area contributed by atoms with E-state index < -0.39 is 5.79 Å². The summed E-state index contributed by atoms with van der Waals surface area (Å²) in [6.07, 6.45) is 1.50. The summed E-state index contributed by atoms with van der Waals surface area (Å²) in [5.41, 5.74) is 0.876. The summed E-state index contributed by atoms with van der Waals surface area (Å²) in [6, 6.07) is 9.49. The summed E-state index contributed by atoms with van der Waals surface area (Å²) in [7, 11) is 0. The summed E-state index contributed by atoms with van der Waals surface area (Å²) in [4.78, 5) is 13.7. The summed E-state index contributed by atoms with van der Waals surface area (Å²) in [6.45, 7) is 1.19. The topological polar surface area (TPSA) is 47.9 Å². The van der Waals surface area contributed by atoms with Crippen molar-refractivity contribution in [2.75, 3.05) is 19.8 Å². The number of nitrogens with zero attached hydrogens (tertiary/aromatic N) is 1. The molecular formula is C11H11NO3. The van der Waals surface area contributed by atoms with Crippen LogP contribution in [0.4, 0.5) is 0 Å². The Labute approximate surface area is 87.5 Å². The molecule has 4 heteroatoms. The van der Waals surface area contributed by atoms with Crippen molar-refractivity contribution < 1.29 is 14.3 Å². The van der Waals surface area contributed by atoms with E-state index in [9.17, 15) is 4.79 Å². The van der Waals surface area contributed by atoms with Crippen molar-refractivity contribution in [3.8, 4) is 0 Å². The molecule has 0 aliphatic carbocycles. The second kappa shape index (κ2) is 4.36. The van der Waals surface area contributed by atoms with Crippen LogP contribution in [-0.4, -0.2) is 25.8 Å². The fraction of sp³-hybridized carbons (Fsp3) is 0.364. The number of rotatable bonds is 3. The average molecular weight is 205 g/mol.